The normalized spacial score (nSPS) is 11.9. The summed E-state index contributed by atoms with van der Waals surface area (Å²) in [5.41, 5.74) is -0.0631. The van der Waals surface area contributed by atoms with Crippen molar-refractivity contribution >= 4 is 23.5 Å². The fraction of sp³-hybridized carbons (Fsp3) is 0.417. The molecule has 0 bridgehead atoms. The highest BCUT2D eigenvalue weighted by Crippen LogP contribution is 2.14. The lowest BCUT2D eigenvalue weighted by Gasteiger charge is -2.13. The molecule has 0 saturated carbocycles. The first-order valence-corrected chi connectivity index (χ1v) is 6.12. The smallest absolute Gasteiger partial charge is 0.303 e. The highest BCUT2D eigenvalue weighted by atomic mass is 35.5. The quantitative estimate of drug-likeness (QED) is 0.786. The number of halogens is 2. The third-order valence-corrected chi connectivity index (χ3v) is 2.94. The molecule has 1 amide bonds. The lowest BCUT2D eigenvalue weighted by atomic mass is 10.0. The summed E-state index contributed by atoms with van der Waals surface area (Å²) < 4.78 is 13.0. The second-order valence-electron chi connectivity index (χ2n) is 4.07. The maximum absolute atomic E-state index is 13.0. The first-order valence-electron chi connectivity index (χ1n) is 5.75. The fourth-order valence-electron chi connectivity index (χ4n) is 1.52. The lowest BCUT2D eigenvalue weighted by Crippen LogP contribution is -2.30. The van der Waals surface area contributed by atoms with Crippen molar-refractivity contribution in [3.63, 3.8) is 0 Å². The van der Waals surface area contributed by atoms with E-state index in [0.717, 1.165) is 12.3 Å². The summed E-state index contributed by atoms with van der Waals surface area (Å²) in [4.78, 5) is 25.9. The zero-order chi connectivity index (χ0) is 14.4. The van der Waals surface area contributed by atoms with Gasteiger partial charge in [0.15, 0.2) is 0 Å². The molecule has 1 aromatic rings. The summed E-state index contributed by atoms with van der Waals surface area (Å²) >= 11 is 5.69. The predicted octanol–water partition coefficient (Wildman–Crippen LogP) is 2.10. The number of nitrogens with one attached hydrogen (secondary N) is 1. The molecule has 1 atom stereocenters. The Hall–Kier alpha value is -1.69. The van der Waals surface area contributed by atoms with Crippen LogP contribution in [0.2, 0.25) is 5.15 Å². The molecule has 1 unspecified atom stereocenters. The van der Waals surface area contributed by atoms with Crippen LogP contribution in [0.25, 0.3) is 0 Å². The highest BCUT2D eigenvalue weighted by molar-refractivity contribution is 6.32. The molecule has 0 spiro atoms. The SMILES string of the molecule is CCC(CNC(=O)c1cc(F)cnc1Cl)CC(=O)O. The van der Waals surface area contributed by atoms with E-state index in [0.29, 0.717) is 6.42 Å². The summed E-state index contributed by atoms with van der Waals surface area (Å²) in [6.45, 7) is 2.02. The number of pyridine rings is 1. The molecule has 0 aliphatic rings. The summed E-state index contributed by atoms with van der Waals surface area (Å²) in [5, 5.41) is 11.1. The zero-order valence-corrected chi connectivity index (χ0v) is 11.1. The standard InChI is InChI=1S/C12H14ClFN2O3/c1-2-7(3-10(17)18)5-16-12(19)9-4-8(14)6-15-11(9)13/h4,6-7H,2-3,5H2,1H3,(H,16,19)(H,17,18). The maximum Gasteiger partial charge on any atom is 0.303 e. The number of hydrogen-bond acceptors (Lipinski definition) is 3. The molecule has 0 fully saturated rings. The van der Waals surface area contributed by atoms with E-state index in [4.69, 9.17) is 16.7 Å². The molecular formula is C12H14ClFN2O3. The Kier molecular flexibility index (Phi) is 5.69. The topological polar surface area (TPSA) is 79.3 Å². The molecular weight excluding hydrogens is 275 g/mol. The molecule has 0 aliphatic heterocycles. The number of amides is 1. The van der Waals surface area contributed by atoms with Gasteiger partial charge in [-0.3, -0.25) is 9.59 Å². The van der Waals surface area contributed by atoms with Gasteiger partial charge >= 0.3 is 5.97 Å². The molecule has 1 heterocycles. The number of hydrogen-bond donors (Lipinski definition) is 2. The maximum atomic E-state index is 13.0. The Bertz CT molecular complexity index is 482. The second-order valence-corrected chi connectivity index (χ2v) is 4.43. The zero-order valence-electron chi connectivity index (χ0n) is 10.3. The van der Waals surface area contributed by atoms with Gasteiger partial charge in [-0.05, 0) is 12.0 Å². The van der Waals surface area contributed by atoms with Gasteiger partial charge in [-0.1, -0.05) is 24.9 Å². The van der Waals surface area contributed by atoms with Crippen molar-refractivity contribution in [2.24, 2.45) is 5.92 Å². The minimum Gasteiger partial charge on any atom is -0.481 e. The van der Waals surface area contributed by atoms with Crippen LogP contribution in [-0.2, 0) is 4.79 Å². The molecule has 0 saturated heterocycles. The van der Waals surface area contributed by atoms with Crippen molar-refractivity contribution in [2.75, 3.05) is 6.54 Å². The number of carboxylic acids is 1. The summed E-state index contributed by atoms with van der Waals surface area (Å²) in [6.07, 6.45) is 1.49. The average molecular weight is 289 g/mol. The number of aromatic nitrogens is 1. The lowest BCUT2D eigenvalue weighted by molar-refractivity contribution is -0.138. The van der Waals surface area contributed by atoms with Gasteiger partial charge in [0.1, 0.15) is 11.0 Å². The molecule has 0 aliphatic carbocycles. The highest BCUT2D eigenvalue weighted by Gasteiger charge is 2.16. The van der Waals surface area contributed by atoms with Gasteiger partial charge in [-0.2, -0.15) is 0 Å². The van der Waals surface area contributed by atoms with Crippen LogP contribution in [0.15, 0.2) is 12.3 Å². The van der Waals surface area contributed by atoms with Gasteiger partial charge in [0, 0.05) is 13.0 Å². The van der Waals surface area contributed by atoms with Crippen molar-refractivity contribution in [1.29, 1.82) is 0 Å². The number of nitrogens with zero attached hydrogens (tertiary/aromatic N) is 1. The van der Waals surface area contributed by atoms with Gasteiger partial charge in [0.2, 0.25) is 0 Å². The average Bonchev–Trinajstić information content (AvgIpc) is 2.36. The number of carboxylic acid groups (broad SMARTS) is 1. The van der Waals surface area contributed by atoms with E-state index in [1.165, 1.54) is 0 Å². The number of rotatable bonds is 6. The first-order chi connectivity index (χ1) is 8.93. The summed E-state index contributed by atoms with van der Waals surface area (Å²) in [6, 6.07) is 0.989. The summed E-state index contributed by atoms with van der Waals surface area (Å²) in [7, 11) is 0. The van der Waals surface area contributed by atoms with Crippen LogP contribution in [0.3, 0.4) is 0 Å². The van der Waals surface area contributed by atoms with Crippen molar-refractivity contribution in [1.82, 2.24) is 10.3 Å². The molecule has 19 heavy (non-hydrogen) atoms. The first kappa shape index (κ1) is 15.4. The molecule has 0 radical (unpaired) electrons. The summed E-state index contributed by atoms with van der Waals surface area (Å²) in [5.74, 6) is -2.33. The number of carbonyl (C=O) groups is 2. The van der Waals surface area contributed by atoms with Gasteiger partial charge in [0.05, 0.1) is 11.8 Å². The number of carbonyl (C=O) groups excluding carboxylic acids is 1. The minimum absolute atomic E-state index is 0.0358. The van der Waals surface area contributed by atoms with Crippen molar-refractivity contribution in [3.05, 3.63) is 28.8 Å². The third kappa shape index (κ3) is 4.82. The van der Waals surface area contributed by atoms with E-state index in [-0.39, 0.29) is 29.6 Å². The van der Waals surface area contributed by atoms with Crippen LogP contribution < -0.4 is 5.32 Å². The van der Waals surface area contributed by atoms with Crippen LogP contribution in [0.4, 0.5) is 4.39 Å². The van der Waals surface area contributed by atoms with Crippen molar-refractivity contribution < 1.29 is 19.1 Å². The third-order valence-electron chi connectivity index (χ3n) is 2.64. The minimum atomic E-state index is -0.924. The largest absolute Gasteiger partial charge is 0.481 e. The van der Waals surface area contributed by atoms with Crippen LogP contribution >= 0.6 is 11.6 Å². The van der Waals surface area contributed by atoms with Crippen molar-refractivity contribution in [2.45, 2.75) is 19.8 Å². The Morgan fingerprint density at radius 2 is 2.26 bits per heavy atom. The van der Waals surface area contributed by atoms with Gasteiger partial charge in [-0.15, -0.1) is 0 Å². The molecule has 7 heteroatoms. The second kappa shape index (κ2) is 7.04. The molecule has 5 nitrogen and oxygen atoms in total. The number of aliphatic carboxylic acids is 1. The molecule has 2 N–H and O–H groups in total. The van der Waals surface area contributed by atoms with E-state index < -0.39 is 17.7 Å². The van der Waals surface area contributed by atoms with Crippen LogP contribution in [-0.4, -0.2) is 28.5 Å². The van der Waals surface area contributed by atoms with Crippen LogP contribution in [0.5, 0.6) is 0 Å². The predicted molar refractivity (Wildman–Crippen MR) is 67.6 cm³/mol. The van der Waals surface area contributed by atoms with E-state index in [1.807, 2.05) is 6.92 Å². The Balaban J connectivity index is 2.64. The van der Waals surface area contributed by atoms with Gasteiger partial charge < -0.3 is 10.4 Å². The monoisotopic (exact) mass is 288 g/mol. The molecule has 0 aromatic carbocycles. The fourth-order valence-corrected chi connectivity index (χ4v) is 1.71. The van der Waals surface area contributed by atoms with Gasteiger partial charge in [-0.25, -0.2) is 9.37 Å². The Morgan fingerprint density at radius 1 is 1.58 bits per heavy atom. The molecule has 104 valence electrons. The van der Waals surface area contributed by atoms with E-state index in [2.05, 4.69) is 10.3 Å². The molecule has 1 aromatic heterocycles. The van der Waals surface area contributed by atoms with E-state index in [1.54, 1.807) is 0 Å². The van der Waals surface area contributed by atoms with E-state index in [9.17, 15) is 14.0 Å². The van der Waals surface area contributed by atoms with Crippen molar-refractivity contribution in [3.8, 4) is 0 Å². The Morgan fingerprint density at radius 3 is 2.84 bits per heavy atom. The molecule has 1 rings (SSSR count). The van der Waals surface area contributed by atoms with Crippen LogP contribution in [0.1, 0.15) is 30.1 Å². The Labute approximate surface area is 114 Å². The van der Waals surface area contributed by atoms with Gasteiger partial charge in [0.25, 0.3) is 5.91 Å². The van der Waals surface area contributed by atoms with E-state index >= 15 is 0 Å². The van der Waals surface area contributed by atoms with Crippen LogP contribution in [0, 0.1) is 11.7 Å².